The normalized spacial score (nSPS) is 30.4. The molecular formula is C18H22N2O3. The molecule has 0 N–H and O–H groups in total. The number of hydrogen-bond donors (Lipinski definition) is 0. The van der Waals surface area contributed by atoms with Gasteiger partial charge in [0.1, 0.15) is 13.2 Å². The fraction of sp³-hybridized carbons (Fsp3) is 0.500. The number of nitrogens with zero attached hydrogens (tertiary/aromatic N) is 2. The first-order valence-electron chi connectivity index (χ1n) is 8.03. The molecule has 1 aliphatic carbocycles. The van der Waals surface area contributed by atoms with Crippen molar-refractivity contribution in [2.24, 2.45) is 5.16 Å². The van der Waals surface area contributed by atoms with Crippen LogP contribution in [0.2, 0.25) is 0 Å². The van der Waals surface area contributed by atoms with Crippen molar-refractivity contribution in [2.75, 3.05) is 27.8 Å². The van der Waals surface area contributed by atoms with Crippen LogP contribution in [0.5, 0.6) is 11.5 Å². The zero-order chi connectivity index (χ0) is 16.0. The lowest BCUT2D eigenvalue weighted by Crippen LogP contribution is -2.41. The van der Waals surface area contributed by atoms with Crippen molar-refractivity contribution in [3.8, 4) is 11.5 Å². The monoisotopic (exact) mass is 314 g/mol. The molecule has 1 unspecified atom stereocenters. The van der Waals surface area contributed by atoms with E-state index in [0.29, 0.717) is 0 Å². The van der Waals surface area contributed by atoms with Gasteiger partial charge in [0.15, 0.2) is 11.5 Å². The summed E-state index contributed by atoms with van der Waals surface area (Å²) in [4.78, 5) is 7.32. The standard InChI is InChI=1S/C18H22N2O3/c1-20-9-8-18-7-6-13(19-22-3)10-15(18)23-17-14(21-2)5-4-12(11-20)16(17)18/h4-7,15H,8-11H2,1-3H3/b19-13-/t15-,18?/m0/s1. The van der Waals surface area contributed by atoms with E-state index in [1.54, 1.807) is 14.2 Å². The SMILES string of the molecule is CO/N=C1/C=CC23CCN(C)Cc4ccc(OC)c(c42)O[C@H]3C1. The quantitative estimate of drug-likeness (QED) is 0.787. The highest BCUT2D eigenvalue weighted by Gasteiger charge is 2.52. The smallest absolute Gasteiger partial charge is 0.166 e. The molecule has 2 atom stereocenters. The third-order valence-electron chi connectivity index (χ3n) is 5.25. The van der Waals surface area contributed by atoms with Gasteiger partial charge in [-0.1, -0.05) is 17.3 Å². The van der Waals surface area contributed by atoms with Crippen molar-refractivity contribution < 1.29 is 14.3 Å². The molecule has 0 saturated carbocycles. The number of benzene rings is 1. The Morgan fingerprint density at radius 3 is 3.00 bits per heavy atom. The molecular weight excluding hydrogens is 292 g/mol. The average Bonchev–Trinajstić information content (AvgIpc) is 2.81. The van der Waals surface area contributed by atoms with Crippen molar-refractivity contribution >= 4 is 5.71 Å². The fourth-order valence-corrected chi connectivity index (χ4v) is 4.15. The summed E-state index contributed by atoms with van der Waals surface area (Å²) >= 11 is 0. The minimum Gasteiger partial charge on any atom is -0.493 e. The van der Waals surface area contributed by atoms with Crippen molar-refractivity contribution in [3.63, 3.8) is 0 Å². The minimum absolute atomic E-state index is 0.0537. The Balaban J connectivity index is 1.90. The van der Waals surface area contributed by atoms with E-state index >= 15 is 0 Å². The zero-order valence-electron chi connectivity index (χ0n) is 13.8. The van der Waals surface area contributed by atoms with Gasteiger partial charge in [-0.2, -0.15) is 0 Å². The van der Waals surface area contributed by atoms with E-state index in [9.17, 15) is 0 Å². The van der Waals surface area contributed by atoms with E-state index in [0.717, 1.165) is 43.1 Å². The Labute approximate surface area is 136 Å². The van der Waals surface area contributed by atoms with Crippen LogP contribution in [0.3, 0.4) is 0 Å². The number of methoxy groups -OCH3 is 1. The van der Waals surface area contributed by atoms with Crippen LogP contribution >= 0.6 is 0 Å². The molecule has 3 aliphatic rings. The molecule has 1 aromatic rings. The maximum Gasteiger partial charge on any atom is 0.166 e. The van der Waals surface area contributed by atoms with E-state index in [1.807, 2.05) is 6.07 Å². The molecule has 1 aromatic carbocycles. The average molecular weight is 314 g/mol. The van der Waals surface area contributed by atoms with Crippen molar-refractivity contribution in [2.45, 2.75) is 30.9 Å². The molecule has 5 heteroatoms. The Morgan fingerprint density at radius 1 is 1.35 bits per heavy atom. The predicted molar refractivity (Wildman–Crippen MR) is 88.2 cm³/mol. The van der Waals surface area contributed by atoms with Crippen LogP contribution in [-0.4, -0.2) is 44.5 Å². The van der Waals surface area contributed by atoms with Crippen LogP contribution in [0.1, 0.15) is 24.0 Å². The molecule has 5 nitrogen and oxygen atoms in total. The molecule has 4 rings (SSSR count). The summed E-state index contributed by atoms with van der Waals surface area (Å²) in [5, 5.41) is 4.10. The van der Waals surface area contributed by atoms with Gasteiger partial charge in [0, 0.05) is 18.5 Å². The maximum absolute atomic E-state index is 6.38. The maximum atomic E-state index is 6.38. The van der Waals surface area contributed by atoms with Crippen LogP contribution in [0.25, 0.3) is 0 Å². The molecule has 0 fully saturated rings. The van der Waals surface area contributed by atoms with Gasteiger partial charge in [-0.15, -0.1) is 0 Å². The summed E-state index contributed by atoms with van der Waals surface area (Å²) in [7, 11) is 5.46. The highest BCUT2D eigenvalue weighted by atomic mass is 16.6. The van der Waals surface area contributed by atoms with Crippen molar-refractivity contribution in [1.29, 1.82) is 0 Å². The molecule has 0 saturated heterocycles. The molecule has 23 heavy (non-hydrogen) atoms. The fourth-order valence-electron chi connectivity index (χ4n) is 4.15. The summed E-state index contributed by atoms with van der Waals surface area (Å²) < 4.78 is 11.9. The first-order chi connectivity index (χ1) is 11.2. The van der Waals surface area contributed by atoms with Crippen LogP contribution in [0, 0.1) is 0 Å². The zero-order valence-corrected chi connectivity index (χ0v) is 13.8. The van der Waals surface area contributed by atoms with Crippen molar-refractivity contribution in [1.82, 2.24) is 4.90 Å². The first-order valence-corrected chi connectivity index (χ1v) is 8.03. The van der Waals surface area contributed by atoms with Crippen LogP contribution < -0.4 is 9.47 Å². The Hall–Kier alpha value is -2.01. The minimum atomic E-state index is -0.0866. The predicted octanol–water partition coefficient (Wildman–Crippen LogP) is 2.49. The van der Waals surface area contributed by atoms with Crippen LogP contribution in [0.15, 0.2) is 29.4 Å². The Morgan fingerprint density at radius 2 is 2.22 bits per heavy atom. The highest BCUT2D eigenvalue weighted by Crippen LogP contribution is 2.55. The number of rotatable bonds is 2. The topological polar surface area (TPSA) is 43.3 Å². The molecule has 0 bridgehead atoms. The first kappa shape index (κ1) is 14.6. The van der Waals surface area contributed by atoms with Crippen LogP contribution in [-0.2, 0) is 16.8 Å². The molecule has 2 aliphatic heterocycles. The lowest BCUT2D eigenvalue weighted by molar-refractivity contribution is 0.154. The second-order valence-corrected chi connectivity index (χ2v) is 6.57. The number of ether oxygens (including phenoxy) is 2. The van der Waals surface area contributed by atoms with E-state index in [-0.39, 0.29) is 11.5 Å². The molecule has 0 radical (unpaired) electrons. The van der Waals surface area contributed by atoms with Gasteiger partial charge >= 0.3 is 0 Å². The molecule has 0 amide bonds. The third-order valence-corrected chi connectivity index (χ3v) is 5.25. The van der Waals surface area contributed by atoms with Gasteiger partial charge in [0.05, 0.1) is 18.2 Å². The molecule has 1 spiro atoms. The van der Waals surface area contributed by atoms with Gasteiger partial charge in [-0.05, 0) is 37.7 Å². The van der Waals surface area contributed by atoms with Gasteiger partial charge in [0.25, 0.3) is 0 Å². The summed E-state index contributed by atoms with van der Waals surface area (Å²) in [6, 6.07) is 4.20. The number of oxime groups is 1. The Bertz CT molecular complexity index is 698. The number of hydrogen-bond acceptors (Lipinski definition) is 5. The van der Waals surface area contributed by atoms with Gasteiger partial charge in [0.2, 0.25) is 0 Å². The van der Waals surface area contributed by atoms with Gasteiger partial charge in [-0.3, -0.25) is 0 Å². The van der Waals surface area contributed by atoms with Gasteiger partial charge < -0.3 is 19.2 Å². The van der Waals surface area contributed by atoms with E-state index < -0.39 is 0 Å². The summed E-state index contributed by atoms with van der Waals surface area (Å²) in [6.07, 6.45) is 6.21. The van der Waals surface area contributed by atoms with Gasteiger partial charge in [-0.25, -0.2) is 0 Å². The summed E-state index contributed by atoms with van der Waals surface area (Å²) in [6.45, 7) is 1.98. The second kappa shape index (κ2) is 5.27. The number of allylic oxidation sites excluding steroid dienone is 1. The van der Waals surface area contributed by atoms with E-state index in [1.165, 1.54) is 11.1 Å². The highest BCUT2D eigenvalue weighted by molar-refractivity contribution is 5.97. The largest absolute Gasteiger partial charge is 0.493 e. The van der Waals surface area contributed by atoms with Crippen molar-refractivity contribution in [3.05, 3.63) is 35.4 Å². The lowest BCUT2D eigenvalue weighted by Gasteiger charge is -2.34. The molecule has 122 valence electrons. The Kier molecular flexibility index (Phi) is 3.34. The summed E-state index contributed by atoms with van der Waals surface area (Å²) in [5.74, 6) is 1.73. The molecule has 2 heterocycles. The third kappa shape index (κ3) is 2.06. The summed E-state index contributed by atoms with van der Waals surface area (Å²) in [5.41, 5.74) is 3.48. The van der Waals surface area contributed by atoms with Crippen LogP contribution in [0.4, 0.5) is 0 Å². The van der Waals surface area contributed by atoms with E-state index in [4.69, 9.17) is 14.3 Å². The molecule has 0 aromatic heterocycles. The lowest BCUT2D eigenvalue weighted by atomic mass is 9.69. The van der Waals surface area contributed by atoms with E-state index in [2.05, 4.69) is 35.3 Å². The second-order valence-electron chi connectivity index (χ2n) is 6.57.